The van der Waals surface area contributed by atoms with Gasteiger partial charge < -0.3 is 5.32 Å². The van der Waals surface area contributed by atoms with Gasteiger partial charge in [0.25, 0.3) is 0 Å². The quantitative estimate of drug-likeness (QED) is 0.727. The van der Waals surface area contributed by atoms with Gasteiger partial charge in [0, 0.05) is 11.8 Å². The first-order chi connectivity index (χ1) is 8.22. The average molecular weight is 271 g/mol. The minimum atomic E-state index is 0.633. The molecule has 1 unspecified atom stereocenters. The van der Waals surface area contributed by atoms with Crippen LogP contribution in [0.3, 0.4) is 0 Å². The van der Waals surface area contributed by atoms with Crippen molar-refractivity contribution >= 4 is 23.1 Å². The fraction of sp³-hybridized carbons (Fsp3) is 0.714. The SMILES string of the molecule is CCCNC(CSCC(C)C)Cc1ccsc1. The molecule has 0 aliphatic rings. The van der Waals surface area contributed by atoms with Gasteiger partial charge in [-0.3, -0.25) is 0 Å². The maximum atomic E-state index is 3.67. The van der Waals surface area contributed by atoms with E-state index in [1.54, 1.807) is 11.3 Å². The Morgan fingerprint density at radius 1 is 1.35 bits per heavy atom. The summed E-state index contributed by atoms with van der Waals surface area (Å²) in [6, 6.07) is 2.88. The van der Waals surface area contributed by atoms with Crippen molar-refractivity contribution in [3.05, 3.63) is 22.4 Å². The van der Waals surface area contributed by atoms with Crippen LogP contribution in [0, 0.1) is 5.92 Å². The van der Waals surface area contributed by atoms with Gasteiger partial charge in [0.2, 0.25) is 0 Å². The molecular formula is C14H25NS2. The Hall–Kier alpha value is 0.01000. The van der Waals surface area contributed by atoms with Crippen molar-refractivity contribution in [2.75, 3.05) is 18.1 Å². The molecule has 0 aliphatic heterocycles. The lowest BCUT2D eigenvalue weighted by Crippen LogP contribution is -2.34. The first-order valence-electron chi connectivity index (χ1n) is 6.54. The van der Waals surface area contributed by atoms with E-state index in [0.717, 1.165) is 12.5 Å². The molecule has 0 saturated heterocycles. The number of hydrogen-bond donors (Lipinski definition) is 1. The Balaban J connectivity index is 2.31. The highest BCUT2D eigenvalue weighted by atomic mass is 32.2. The molecule has 17 heavy (non-hydrogen) atoms. The Labute approximate surface area is 114 Å². The molecule has 0 fully saturated rings. The Kier molecular flexibility index (Phi) is 7.99. The second-order valence-corrected chi connectivity index (χ2v) is 6.77. The van der Waals surface area contributed by atoms with Gasteiger partial charge in [-0.15, -0.1) is 0 Å². The fourth-order valence-corrected chi connectivity index (χ4v) is 3.49. The van der Waals surface area contributed by atoms with Crippen molar-refractivity contribution in [3.8, 4) is 0 Å². The molecule has 0 spiro atoms. The summed E-state index contributed by atoms with van der Waals surface area (Å²) in [5.74, 6) is 3.30. The van der Waals surface area contributed by atoms with Gasteiger partial charge in [0.1, 0.15) is 0 Å². The molecule has 1 rings (SSSR count). The standard InChI is InChI=1S/C14H25NS2/c1-4-6-15-14(11-17-9-12(2)3)8-13-5-7-16-10-13/h5,7,10,12,14-15H,4,6,8-9,11H2,1-3H3. The van der Waals surface area contributed by atoms with E-state index < -0.39 is 0 Å². The Morgan fingerprint density at radius 2 is 2.18 bits per heavy atom. The summed E-state index contributed by atoms with van der Waals surface area (Å²) < 4.78 is 0. The molecule has 98 valence electrons. The molecule has 0 radical (unpaired) electrons. The average Bonchev–Trinajstić information content (AvgIpc) is 2.78. The van der Waals surface area contributed by atoms with Crippen LogP contribution < -0.4 is 5.32 Å². The summed E-state index contributed by atoms with van der Waals surface area (Å²) in [6.07, 6.45) is 2.39. The van der Waals surface area contributed by atoms with Gasteiger partial charge in [-0.25, -0.2) is 0 Å². The predicted octanol–water partition coefficient (Wildman–Crippen LogP) is 4.05. The number of hydrogen-bond acceptors (Lipinski definition) is 3. The smallest absolute Gasteiger partial charge is 0.0198 e. The highest BCUT2D eigenvalue weighted by Crippen LogP contribution is 2.14. The van der Waals surface area contributed by atoms with E-state index in [1.807, 2.05) is 0 Å². The van der Waals surface area contributed by atoms with E-state index in [4.69, 9.17) is 0 Å². The van der Waals surface area contributed by atoms with E-state index in [0.29, 0.717) is 6.04 Å². The van der Waals surface area contributed by atoms with Gasteiger partial charge in [-0.2, -0.15) is 23.1 Å². The van der Waals surface area contributed by atoms with Crippen LogP contribution >= 0.6 is 23.1 Å². The molecule has 0 bridgehead atoms. The van der Waals surface area contributed by atoms with Crippen LogP contribution in [0.4, 0.5) is 0 Å². The summed E-state index contributed by atoms with van der Waals surface area (Å²) in [5.41, 5.74) is 1.48. The van der Waals surface area contributed by atoms with Crippen molar-refractivity contribution in [2.45, 2.75) is 39.7 Å². The van der Waals surface area contributed by atoms with Crippen molar-refractivity contribution in [1.82, 2.24) is 5.32 Å². The third-order valence-electron chi connectivity index (χ3n) is 2.52. The lowest BCUT2D eigenvalue weighted by atomic mass is 10.1. The van der Waals surface area contributed by atoms with Crippen LogP contribution in [0.25, 0.3) is 0 Å². The summed E-state index contributed by atoms with van der Waals surface area (Å²) in [6.45, 7) is 7.95. The van der Waals surface area contributed by atoms with Gasteiger partial charge in [-0.05, 0) is 53.4 Å². The largest absolute Gasteiger partial charge is 0.313 e. The summed E-state index contributed by atoms with van der Waals surface area (Å²) in [4.78, 5) is 0. The molecule has 1 atom stereocenters. The molecule has 1 nitrogen and oxygen atoms in total. The summed E-state index contributed by atoms with van der Waals surface area (Å²) in [7, 11) is 0. The summed E-state index contributed by atoms with van der Waals surface area (Å²) in [5, 5.41) is 8.11. The molecule has 0 amide bonds. The summed E-state index contributed by atoms with van der Waals surface area (Å²) >= 11 is 3.88. The predicted molar refractivity (Wildman–Crippen MR) is 82.3 cm³/mol. The molecule has 1 N–H and O–H groups in total. The highest BCUT2D eigenvalue weighted by molar-refractivity contribution is 7.99. The van der Waals surface area contributed by atoms with Crippen LogP contribution in [-0.4, -0.2) is 24.1 Å². The molecule has 1 aromatic heterocycles. The van der Waals surface area contributed by atoms with Gasteiger partial charge in [0.15, 0.2) is 0 Å². The van der Waals surface area contributed by atoms with E-state index >= 15 is 0 Å². The van der Waals surface area contributed by atoms with E-state index in [9.17, 15) is 0 Å². The minimum Gasteiger partial charge on any atom is -0.313 e. The molecule has 0 aliphatic carbocycles. The van der Waals surface area contributed by atoms with Crippen molar-refractivity contribution in [2.24, 2.45) is 5.92 Å². The zero-order chi connectivity index (χ0) is 12.5. The first-order valence-corrected chi connectivity index (χ1v) is 8.64. The Morgan fingerprint density at radius 3 is 2.76 bits per heavy atom. The Bertz CT molecular complexity index is 270. The third-order valence-corrected chi connectivity index (χ3v) is 4.79. The molecule has 3 heteroatoms. The molecule has 1 heterocycles. The monoisotopic (exact) mass is 271 g/mol. The zero-order valence-corrected chi connectivity index (χ0v) is 12.9. The van der Waals surface area contributed by atoms with Crippen LogP contribution in [0.1, 0.15) is 32.8 Å². The van der Waals surface area contributed by atoms with Crippen molar-refractivity contribution in [3.63, 3.8) is 0 Å². The fourth-order valence-electron chi connectivity index (χ4n) is 1.68. The van der Waals surface area contributed by atoms with Gasteiger partial charge in [0.05, 0.1) is 0 Å². The number of thioether (sulfide) groups is 1. The number of rotatable bonds is 9. The molecule has 0 aromatic carbocycles. The van der Waals surface area contributed by atoms with E-state index in [-0.39, 0.29) is 0 Å². The second-order valence-electron chi connectivity index (χ2n) is 4.92. The maximum absolute atomic E-state index is 3.67. The van der Waals surface area contributed by atoms with Gasteiger partial charge >= 0.3 is 0 Å². The minimum absolute atomic E-state index is 0.633. The topological polar surface area (TPSA) is 12.0 Å². The van der Waals surface area contributed by atoms with E-state index in [2.05, 4.69) is 54.7 Å². The third kappa shape index (κ3) is 7.12. The molecular weight excluding hydrogens is 246 g/mol. The first kappa shape index (κ1) is 15.1. The lowest BCUT2D eigenvalue weighted by molar-refractivity contribution is 0.550. The molecule has 0 saturated carbocycles. The second kappa shape index (κ2) is 9.01. The van der Waals surface area contributed by atoms with Crippen LogP contribution in [0.5, 0.6) is 0 Å². The zero-order valence-electron chi connectivity index (χ0n) is 11.2. The number of nitrogens with one attached hydrogen (secondary N) is 1. The highest BCUT2D eigenvalue weighted by Gasteiger charge is 2.09. The molecule has 1 aromatic rings. The maximum Gasteiger partial charge on any atom is 0.0198 e. The van der Waals surface area contributed by atoms with Crippen molar-refractivity contribution < 1.29 is 0 Å². The van der Waals surface area contributed by atoms with Crippen molar-refractivity contribution in [1.29, 1.82) is 0 Å². The van der Waals surface area contributed by atoms with Crippen LogP contribution in [-0.2, 0) is 6.42 Å². The van der Waals surface area contributed by atoms with Gasteiger partial charge in [-0.1, -0.05) is 20.8 Å². The van der Waals surface area contributed by atoms with E-state index in [1.165, 1.54) is 29.9 Å². The van der Waals surface area contributed by atoms with Crippen LogP contribution in [0.15, 0.2) is 16.8 Å². The van der Waals surface area contributed by atoms with Crippen LogP contribution in [0.2, 0.25) is 0 Å². The normalized spacial score (nSPS) is 13.2. The lowest BCUT2D eigenvalue weighted by Gasteiger charge is -2.18. The number of thiophene rings is 1.